The summed E-state index contributed by atoms with van der Waals surface area (Å²) in [4.78, 5) is 52.5. The van der Waals surface area contributed by atoms with Crippen LogP contribution in [0.2, 0.25) is 10.0 Å². The van der Waals surface area contributed by atoms with Crippen molar-refractivity contribution in [3.63, 3.8) is 0 Å². The van der Waals surface area contributed by atoms with Crippen molar-refractivity contribution in [1.82, 2.24) is 0 Å². The fourth-order valence-corrected chi connectivity index (χ4v) is 6.48. The number of nitrogens with zero attached hydrogens (tertiary/aromatic N) is 1. The Hall–Kier alpha value is -2.96. The van der Waals surface area contributed by atoms with E-state index in [9.17, 15) is 19.2 Å². The van der Waals surface area contributed by atoms with Crippen molar-refractivity contribution in [2.75, 3.05) is 11.5 Å². The van der Waals surface area contributed by atoms with Gasteiger partial charge in [0.2, 0.25) is 17.6 Å². The standard InChI is InChI=1S/C26H19Cl2NO5/c27-13-3-6-17(20(28)9-13)21(30)11-34-26(33)12-1-4-14(5-2-12)29-24(31)22-15-7-8-16(19-10-18(15)19)23(22)25(29)32/h1-9,15-16,18-19,22-23H,10-11H2/t15-,16+,18-,19+,22+,23-. The molecule has 6 atom stereocenters. The average Bonchev–Trinajstić information content (AvgIpc) is 3.61. The molecule has 34 heavy (non-hydrogen) atoms. The molecule has 8 heteroatoms. The number of hydrogen-bond donors (Lipinski definition) is 0. The van der Waals surface area contributed by atoms with Crippen molar-refractivity contribution in [1.29, 1.82) is 0 Å². The minimum atomic E-state index is -0.694. The van der Waals surface area contributed by atoms with E-state index in [1.165, 1.54) is 35.2 Å². The maximum absolute atomic E-state index is 13.2. The summed E-state index contributed by atoms with van der Waals surface area (Å²) < 4.78 is 5.13. The predicted molar refractivity (Wildman–Crippen MR) is 125 cm³/mol. The number of allylic oxidation sites excluding steroid dienone is 2. The lowest BCUT2D eigenvalue weighted by Gasteiger charge is -2.37. The van der Waals surface area contributed by atoms with Crippen LogP contribution in [0.15, 0.2) is 54.6 Å². The van der Waals surface area contributed by atoms with Gasteiger partial charge in [-0.1, -0.05) is 35.4 Å². The Kier molecular flexibility index (Phi) is 4.94. The summed E-state index contributed by atoms with van der Waals surface area (Å²) in [5.41, 5.74) is 0.860. The highest BCUT2D eigenvalue weighted by molar-refractivity contribution is 6.36. The number of Topliss-reactive ketones (excluding diaryl/α,β-unsaturated/α-hetero) is 1. The number of carbonyl (C=O) groups is 4. The van der Waals surface area contributed by atoms with Crippen LogP contribution in [0.4, 0.5) is 5.69 Å². The van der Waals surface area contributed by atoms with E-state index in [-0.39, 0.29) is 51.6 Å². The van der Waals surface area contributed by atoms with E-state index in [2.05, 4.69) is 12.2 Å². The van der Waals surface area contributed by atoms with Crippen LogP contribution in [0.1, 0.15) is 27.1 Å². The monoisotopic (exact) mass is 495 g/mol. The molecule has 5 aliphatic rings. The van der Waals surface area contributed by atoms with E-state index >= 15 is 0 Å². The van der Waals surface area contributed by atoms with Crippen LogP contribution >= 0.6 is 23.2 Å². The number of rotatable bonds is 5. The Balaban J connectivity index is 1.14. The zero-order valence-corrected chi connectivity index (χ0v) is 19.3. The fraction of sp³-hybridized carbons (Fsp3) is 0.308. The van der Waals surface area contributed by atoms with Gasteiger partial charge in [-0.2, -0.15) is 0 Å². The lowest BCUT2D eigenvalue weighted by Crippen LogP contribution is -2.40. The van der Waals surface area contributed by atoms with Crippen molar-refractivity contribution < 1.29 is 23.9 Å². The van der Waals surface area contributed by atoms with Crippen LogP contribution in [0.5, 0.6) is 0 Å². The smallest absolute Gasteiger partial charge is 0.338 e. The first-order valence-electron chi connectivity index (χ1n) is 11.2. The highest BCUT2D eigenvalue weighted by Gasteiger charge is 2.67. The van der Waals surface area contributed by atoms with Crippen LogP contribution in [0.3, 0.4) is 0 Å². The lowest BCUT2D eigenvalue weighted by atomic mass is 9.63. The molecule has 0 radical (unpaired) electrons. The molecule has 4 aliphatic carbocycles. The minimum absolute atomic E-state index is 0.152. The molecular weight excluding hydrogens is 477 g/mol. The van der Waals surface area contributed by atoms with Gasteiger partial charge in [0.25, 0.3) is 0 Å². The maximum atomic E-state index is 13.2. The van der Waals surface area contributed by atoms with E-state index < -0.39 is 18.4 Å². The SMILES string of the molecule is O=C(OCC(=O)c1ccc(Cl)cc1Cl)c1ccc(N2C(=O)[C@@H]3[C@H]4C=C[C@H]([C@H]5C[C@@H]45)[C@@H]3C2=O)cc1. The number of benzene rings is 2. The average molecular weight is 496 g/mol. The zero-order chi connectivity index (χ0) is 23.7. The second kappa shape index (κ2) is 7.79. The predicted octanol–water partition coefficient (Wildman–Crippen LogP) is 4.59. The Labute approximate surface area is 205 Å². The number of anilines is 1. The van der Waals surface area contributed by atoms with Crippen molar-refractivity contribution in [3.05, 3.63) is 75.8 Å². The second-order valence-corrected chi connectivity index (χ2v) is 10.2. The van der Waals surface area contributed by atoms with Gasteiger partial charge < -0.3 is 4.74 Å². The van der Waals surface area contributed by atoms with Crippen molar-refractivity contribution in [2.45, 2.75) is 6.42 Å². The molecule has 2 aromatic rings. The van der Waals surface area contributed by atoms with E-state index in [0.29, 0.717) is 22.5 Å². The molecule has 7 rings (SSSR count). The molecule has 0 aromatic heterocycles. The molecule has 2 aromatic carbocycles. The summed E-state index contributed by atoms with van der Waals surface area (Å²) in [7, 11) is 0. The lowest BCUT2D eigenvalue weighted by molar-refractivity contribution is -0.124. The first kappa shape index (κ1) is 21.6. The first-order chi connectivity index (χ1) is 16.3. The van der Waals surface area contributed by atoms with Crippen LogP contribution in [-0.4, -0.2) is 30.2 Å². The number of ether oxygens (including phenoxy) is 1. The quantitative estimate of drug-likeness (QED) is 0.262. The van der Waals surface area contributed by atoms with Crippen LogP contribution in [0, 0.1) is 35.5 Å². The van der Waals surface area contributed by atoms with Gasteiger partial charge in [-0.05, 0) is 72.6 Å². The number of esters is 1. The summed E-state index contributed by atoms with van der Waals surface area (Å²) in [5.74, 6) is -0.621. The molecule has 2 amide bonds. The highest BCUT2D eigenvalue weighted by atomic mass is 35.5. The van der Waals surface area contributed by atoms with Crippen LogP contribution in [0.25, 0.3) is 0 Å². The number of amides is 2. The van der Waals surface area contributed by atoms with E-state index in [0.717, 1.165) is 6.42 Å². The molecular formula is C26H19Cl2NO5. The zero-order valence-electron chi connectivity index (χ0n) is 17.8. The first-order valence-corrected chi connectivity index (χ1v) is 11.9. The summed E-state index contributed by atoms with van der Waals surface area (Å²) >= 11 is 11.9. The maximum Gasteiger partial charge on any atom is 0.338 e. The van der Waals surface area contributed by atoms with Crippen molar-refractivity contribution >= 4 is 52.5 Å². The van der Waals surface area contributed by atoms with Gasteiger partial charge in [0.1, 0.15) is 0 Å². The number of halogens is 2. The number of ketones is 1. The third-order valence-electron chi connectivity index (χ3n) is 7.59. The van der Waals surface area contributed by atoms with Crippen LogP contribution < -0.4 is 4.90 Å². The number of carbonyl (C=O) groups excluding carboxylic acids is 4. The van der Waals surface area contributed by atoms with Gasteiger partial charge in [0.15, 0.2) is 6.61 Å². The van der Waals surface area contributed by atoms with Gasteiger partial charge in [-0.25, -0.2) is 4.79 Å². The molecule has 2 saturated carbocycles. The second-order valence-electron chi connectivity index (χ2n) is 9.34. The Morgan fingerprint density at radius 2 is 1.53 bits per heavy atom. The number of imide groups is 1. The molecule has 1 aliphatic heterocycles. The van der Waals surface area contributed by atoms with Crippen molar-refractivity contribution in [2.24, 2.45) is 35.5 Å². The van der Waals surface area contributed by atoms with E-state index in [4.69, 9.17) is 27.9 Å². The van der Waals surface area contributed by atoms with Gasteiger partial charge in [0, 0.05) is 10.6 Å². The minimum Gasteiger partial charge on any atom is -0.454 e. The summed E-state index contributed by atoms with van der Waals surface area (Å²) in [6, 6.07) is 10.6. The molecule has 0 unspecified atom stereocenters. The van der Waals surface area contributed by atoms with Gasteiger partial charge in [-0.3, -0.25) is 19.3 Å². The molecule has 1 saturated heterocycles. The summed E-state index contributed by atoms with van der Waals surface area (Å²) in [6.45, 7) is -0.480. The summed E-state index contributed by atoms with van der Waals surface area (Å²) in [6.07, 6.45) is 5.37. The molecule has 0 N–H and O–H groups in total. The van der Waals surface area contributed by atoms with Crippen molar-refractivity contribution in [3.8, 4) is 0 Å². The third kappa shape index (κ3) is 3.23. The van der Waals surface area contributed by atoms with Gasteiger partial charge in [0.05, 0.1) is 28.1 Å². The largest absolute Gasteiger partial charge is 0.454 e. The molecule has 3 fully saturated rings. The normalized spacial score (nSPS) is 30.2. The Morgan fingerprint density at radius 3 is 2.12 bits per heavy atom. The molecule has 2 bridgehead atoms. The molecule has 172 valence electrons. The molecule has 1 heterocycles. The van der Waals surface area contributed by atoms with E-state index in [1.54, 1.807) is 12.1 Å². The Bertz CT molecular complexity index is 1250. The van der Waals surface area contributed by atoms with Crippen LogP contribution in [-0.2, 0) is 14.3 Å². The highest BCUT2D eigenvalue weighted by Crippen LogP contribution is 2.65. The topological polar surface area (TPSA) is 80.8 Å². The van der Waals surface area contributed by atoms with Gasteiger partial charge in [-0.15, -0.1) is 0 Å². The fourth-order valence-electron chi connectivity index (χ4n) is 5.97. The third-order valence-corrected chi connectivity index (χ3v) is 8.14. The molecule has 6 nitrogen and oxygen atoms in total. The molecule has 0 spiro atoms. The number of hydrogen-bond acceptors (Lipinski definition) is 5. The Morgan fingerprint density at radius 1 is 0.912 bits per heavy atom. The summed E-state index contributed by atoms with van der Waals surface area (Å²) in [5, 5.41) is 0.577. The van der Waals surface area contributed by atoms with Gasteiger partial charge >= 0.3 is 5.97 Å². The van der Waals surface area contributed by atoms with E-state index in [1.807, 2.05) is 0 Å².